The molecule has 1 atom stereocenters. The molecule has 1 N–H and O–H groups in total. The standard InChI is InChI=1S/C8H9ClO3S/c1-12-7(11)4-6(10)8-5(9)2-3-13-8/h2-3,6,10H,4H2,1H3/t6-/m1/s1. The second-order valence-electron chi connectivity index (χ2n) is 2.43. The Morgan fingerprint density at radius 1 is 1.85 bits per heavy atom. The Balaban J connectivity index is 2.63. The van der Waals surface area contributed by atoms with Crippen molar-refractivity contribution in [2.75, 3.05) is 7.11 Å². The fourth-order valence-electron chi connectivity index (χ4n) is 0.877. The number of thiophene rings is 1. The van der Waals surface area contributed by atoms with Gasteiger partial charge in [-0.2, -0.15) is 0 Å². The fourth-order valence-corrected chi connectivity index (χ4v) is 2.05. The molecular formula is C8H9ClO3S. The Morgan fingerprint density at radius 2 is 2.54 bits per heavy atom. The summed E-state index contributed by atoms with van der Waals surface area (Å²) in [5, 5.41) is 11.8. The van der Waals surface area contributed by atoms with E-state index in [-0.39, 0.29) is 6.42 Å². The molecule has 0 radical (unpaired) electrons. The number of hydrogen-bond acceptors (Lipinski definition) is 4. The molecule has 0 saturated carbocycles. The zero-order valence-corrected chi connectivity index (χ0v) is 8.56. The lowest BCUT2D eigenvalue weighted by atomic mass is 10.2. The van der Waals surface area contributed by atoms with Gasteiger partial charge in [-0.1, -0.05) is 11.6 Å². The summed E-state index contributed by atoms with van der Waals surface area (Å²) in [6.07, 6.45) is -0.920. The molecular weight excluding hydrogens is 212 g/mol. The lowest BCUT2D eigenvalue weighted by Crippen LogP contribution is -2.07. The molecule has 0 aliphatic carbocycles. The minimum Gasteiger partial charge on any atom is -0.469 e. The normalized spacial score (nSPS) is 12.5. The van der Waals surface area contributed by atoms with Crippen LogP contribution in [-0.4, -0.2) is 18.2 Å². The Kier molecular flexibility index (Phi) is 3.71. The molecule has 1 rings (SSSR count). The van der Waals surface area contributed by atoms with Gasteiger partial charge in [-0.15, -0.1) is 11.3 Å². The van der Waals surface area contributed by atoms with Crippen LogP contribution in [-0.2, 0) is 9.53 Å². The predicted octanol–water partition coefficient (Wildman–Crippen LogP) is 2.00. The number of rotatable bonds is 3. The minimum atomic E-state index is -0.861. The van der Waals surface area contributed by atoms with Gasteiger partial charge in [0.05, 0.1) is 23.4 Å². The Labute approximate surface area is 84.9 Å². The van der Waals surface area contributed by atoms with E-state index in [1.807, 2.05) is 0 Å². The van der Waals surface area contributed by atoms with Crippen LogP contribution >= 0.6 is 22.9 Å². The van der Waals surface area contributed by atoms with Crippen LogP contribution in [0.2, 0.25) is 5.02 Å². The topological polar surface area (TPSA) is 46.5 Å². The number of hydrogen-bond donors (Lipinski definition) is 1. The molecule has 1 heterocycles. The lowest BCUT2D eigenvalue weighted by Gasteiger charge is -2.06. The van der Waals surface area contributed by atoms with E-state index < -0.39 is 12.1 Å². The van der Waals surface area contributed by atoms with Crippen LogP contribution in [0, 0.1) is 0 Å². The van der Waals surface area contributed by atoms with Crippen molar-refractivity contribution in [2.24, 2.45) is 0 Å². The number of ether oxygens (including phenoxy) is 1. The van der Waals surface area contributed by atoms with E-state index in [9.17, 15) is 9.90 Å². The largest absolute Gasteiger partial charge is 0.469 e. The highest BCUT2D eigenvalue weighted by molar-refractivity contribution is 7.10. The van der Waals surface area contributed by atoms with Gasteiger partial charge in [0.2, 0.25) is 0 Å². The van der Waals surface area contributed by atoms with Crippen LogP contribution < -0.4 is 0 Å². The van der Waals surface area contributed by atoms with Crippen molar-refractivity contribution < 1.29 is 14.6 Å². The number of methoxy groups -OCH3 is 1. The summed E-state index contributed by atoms with van der Waals surface area (Å²) in [7, 11) is 1.28. The SMILES string of the molecule is COC(=O)C[C@@H](O)c1sccc1Cl. The monoisotopic (exact) mass is 220 g/mol. The molecule has 0 aliphatic heterocycles. The molecule has 1 aromatic rings. The fraction of sp³-hybridized carbons (Fsp3) is 0.375. The predicted molar refractivity (Wildman–Crippen MR) is 50.9 cm³/mol. The molecule has 1 aromatic heterocycles. The van der Waals surface area contributed by atoms with Gasteiger partial charge < -0.3 is 9.84 Å². The van der Waals surface area contributed by atoms with Crippen molar-refractivity contribution in [3.05, 3.63) is 21.3 Å². The number of aliphatic hydroxyl groups excluding tert-OH is 1. The zero-order chi connectivity index (χ0) is 9.84. The molecule has 72 valence electrons. The number of carbonyl (C=O) groups excluding carboxylic acids is 1. The zero-order valence-electron chi connectivity index (χ0n) is 6.99. The van der Waals surface area contributed by atoms with Crippen LogP contribution in [0.25, 0.3) is 0 Å². The van der Waals surface area contributed by atoms with E-state index in [2.05, 4.69) is 4.74 Å². The van der Waals surface area contributed by atoms with E-state index in [1.54, 1.807) is 11.4 Å². The maximum atomic E-state index is 10.8. The first-order valence-corrected chi connectivity index (χ1v) is 4.88. The first-order valence-electron chi connectivity index (χ1n) is 3.63. The van der Waals surface area contributed by atoms with Gasteiger partial charge in [0.15, 0.2) is 0 Å². The second kappa shape index (κ2) is 4.60. The highest BCUT2D eigenvalue weighted by Gasteiger charge is 2.16. The van der Waals surface area contributed by atoms with Gasteiger partial charge in [0.25, 0.3) is 0 Å². The minimum absolute atomic E-state index is 0.0588. The molecule has 0 unspecified atom stereocenters. The summed E-state index contributed by atoms with van der Waals surface area (Å²) in [6, 6.07) is 1.68. The summed E-state index contributed by atoms with van der Waals surface area (Å²) in [4.78, 5) is 11.4. The third-order valence-corrected chi connectivity index (χ3v) is 2.99. The van der Waals surface area contributed by atoms with Crippen molar-refractivity contribution in [3.8, 4) is 0 Å². The van der Waals surface area contributed by atoms with Gasteiger partial charge >= 0.3 is 5.97 Å². The number of halogens is 1. The van der Waals surface area contributed by atoms with E-state index in [0.29, 0.717) is 9.90 Å². The van der Waals surface area contributed by atoms with Crippen LogP contribution in [0.3, 0.4) is 0 Å². The summed E-state index contributed by atoms with van der Waals surface area (Å²) in [5.74, 6) is -0.447. The highest BCUT2D eigenvalue weighted by atomic mass is 35.5. The Bertz CT molecular complexity index is 297. The first-order chi connectivity index (χ1) is 6.15. The van der Waals surface area contributed by atoms with E-state index in [4.69, 9.17) is 11.6 Å². The maximum absolute atomic E-state index is 10.8. The average molecular weight is 221 g/mol. The van der Waals surface area contributed by atoms with Gasteiger partial charge in [0.1, 0.15) is 6.10 Å². The molecule has 0 spiro atoms. The number of carbonyl (C=O) groups is 1. The van der Waals surface area contributed by atoms with Crippen molar-refractivity contribution in [3.63, 3.8) is 0 Å². The third kappa shape index (κ3) is 2.69. The lowest BCUT2D eigenvalue weighted by molar-refractivity contribution is -0.142. The second-order valence-corrected chi connectivity index (χ2v) is 3.78. The van der Waals surface area contributed by atoms with Crippen molar-refractivity contribution in [1.29, 1.82) is 0 Å². The highest BCUT2D eigenvalue weighted by Crippen LogP contribution is 2.30. The molecule has 3 nitrogen and oxygen atoms in total. The molecule has 13 heavy (non-hydrogen) atoms. The quantitative estimate of drug-likeness (QED) is 0.793. The average Bonchev–Trinajstić information content (AvgIpc) is 2.51. The van der Waals surface area contributed by atoms with E-state index in [0.717, 1.165) is 0 Å². The molecule has 0 aromatic carbocycles. The first kappa shape index (κ1) is 10.5. The smallest absolute Gasteiger partial charge is 0.308 e. The Morgan fingerprint density at radius 3 is 3.00 bits per heavy atom. The van der Waals surface area contributed by atoms with Crippen LogP contribution in [0.15, 0.2) is 11.4 Å². The number of aliphatic hydroxyl groups is 1. The van der Waals surface area contributed by atoms with Crippen molar-refractivity contribution in [1.82, 2.24) is 0 Å². The summed E-state index contributed by atoms with van der Waals surface area (Å²) < 4.78 is 4.42. The molecule has 0 amide bonds. The third-order valence-electron chi connectivity index (χ3n) is 1.54. The summed E-state index contributed by atoms with van der Waals surface area (Å²) in [5.41, 5.74) is 0. The van der Waals surface area contributed by atoms with Crippen LogP contribution in [0.4, 0.5) is 0 Å². The Hall–Kier alpha value is -0.580. The van der Waals surface area contributed by atoms with E-state index >= 15 is 0 Å². The molecule has 0 bridgehead atoms. The summed E-state index contributed by atoms with van der Waals surface area (Å²) >= 11 is 7.08. The molecule has 0 fully saturated rings. The molecule has 0 aliphatic rings. The molecule has 0 saturated heterocycles. The summed E-state index contributed by atoms with van der Waals surface area (Å²) in [6.45, 7) is 0. The van der Waals surface area contributed by atoms with Gasteiger partial charge in [-0.25, -0.2) is 0 Å². The van der Waals surface area contributed by atoms with Gasteiger partial charge in [-0.05, 0) is 11.4 Å². The van der Waals surface area contributed by atoms with Crippen LogP contribution in [0.1, 0.15) is 17.4 Å². The van der Waals surface area contributed by atoms with Gasteiger partial charge in [0, 0.05) is 0 Å². The van der Waals surface area contributed by atoms with E-state index in [1.165, 1.54) is 18.4 Å². The van der Waals surface area contributed by atoms with Crippen LogP contribution in [0.5, 0.6) is 0 Å². The molecule has 5 heteroatoms. The van der Waals surface area contributed by atoms with Crippen molar-refractivity contribution in [2.45, 2.75) is 12.5 Å². The number of esters is 1. The van der Waals surface area contributed by atoms with Crippen molar-refractivity contribution >= 4 is 28.9 Å². The maximum Gasteiger partial charge on any atom is 0.308 e. The van der Waals surface area contributed by atoms with Gasteiger partial charge in [-0.3, -0.25) is 4.79 Å².